The van der Waals surface area contributed by atoms with Gasteiger partial charge in [-0.1, -0.05) is 11.3 Å². The van der Waals surface area contributed by atoms with Gasteiger partial charge >= 0.3 is 0 Å². The molecule has 1 N–H and O–H groups in total. The van der Waals surface area contributed by atoms with Crippen LogP contribution in [-0.2, 0) is 14.3 Å². The first kappa shape index (κ1) is 17.5. The first-order valence-corrected chi connectivity index (χ1v) is 8.90. The molecular formula is C17H22N3O4S+. The van der Waals surface area contributed by atoms with E-state index in [-0.39, 0.29) is 11.7 Å². The van der Waals surface area contributed by atoms with Crippen molar-refractivity contribution >= 4 is 32.6 Å². The second kappa shape index (κ2) is 7.71. The summed E-state index contributed by atoms with van der Waals surface area (Å²) in [7, 11) is 5.72. The summed E-state index contributed by atoms with van der Waals surface area (Å²) in [6.07, 6.45) is 1.39. The van der Waals surface area contributed by atoms with Gasteiger partial charge in [0.1, 0.15) is 25.2 Å². The molecule has 3 rings (SSSR count). The van der Waals surface area contributed by atoms with Crippen molar-refractivity contribution in [2.75, 3.05) is 52.4 Å². The van der Waals surface area contributed by atoms with Crippen molar-refractivity contribution in [3.63, 3.8) is 0 Å². The van der Waals surface area contributed by atoms with Gasteiger partial charge in [0.05, 0.1) is 44.5 Å². The number of ether oxygens (including phenoxy) is 3. The summed E-state index contributed by atoms with van der Waals surface area (Å²) in [4.78, 5) is 20.4. The first-order chi connectivity index (χ1) is 12.1. The molecule has 0 aliphatic carbocycles. The Hall–Kier alpha value is -2.32. The highest BCUT2D eigenvalue weighted by atomic mass is 32.1. The molecule has 1 amide bonds. The fourth-order valence-electron chi connectivity index (χ4n) is 2.37. The van der Waals surface area contributed by atoms with Gasteiger partial charge in [-0.15, -0.1) is 0 Å². The number of fused-ring (bicyclic) bond motifs is 1. The number of nitrogens with one attached hydrogen (secondary N) is 1. The minimum Gasteiger partial charge on any atom is -0.497 e. The van der Waals surface area contributed by atoms with E-state index < -0.39 is 0 Å². The molecule has 1 aliphatic rings. The van der Waals surface area contributed by atoms with Crippen LogP contribution in [0.15, 0.2) is 30.2 Å². The number of thiazole rings is 1. The number of benzene rings is 1. The second-order valence-corrected chi connectivity index (χ2v) is 6.95. The Kier molecular flexibility index (Phi) is 5.40. The monoisotopic (exact) mass is 364 g/mol. The maximum Gasteiger partial charge on any atom is 0.298 e. The van der Waals surface area contributed by atoms with Gasteiger partial charge in [-0.05, 0) is 18.2 Å². The zero-order chi connectivity index (χ0) is 17.8. The third-order valence-corrected chi connectivity index (χ3v) is 4.80. The molecule has 1 aromatic heterocycles. The average molecular weight is 364 g/mol. The van der Waals surface area contributed by atoms with Crippen molar-refractivity contribution < 1.29 is 23.9 Å². The summed E-state index contributed by atoms with van der Waals surface area (Å²) in [5, 5.41) is 0.643. The highest BCUT2D eigenvalue weighted by Gasteiger charge is 2.26. The van der Waals surface area contributed by atoms with Gasteiger partial charge in [0.15, 0.2) is 5.13 Å². The lowest BCUT2D eigenvalue weighted by Crippen LogP contribution is -3.06. The lowest BCUT2D eigenvalue weighted by Gasteiger charge is -2.23. The number of rotatable bonds is 6. The van der Waals surface area contributed by atoms with Gasteiger partial charge in [-0.2, -0.15) is 0 Å². The number of carbonyl (C=O) groups is 1. The van der Waals surface area contributed by atoms with Crippen LogP contribution < -0.4 is 14.5 Å². The molecule has 0 fully saturated rings. The molecule has 0 saturated carbocycles. The molecule has 0 spiro atoms. The number of hydrogen-bond donors (Lipinski definition) is 1. The fraction of sp³-hybridized carbons (Fsp3) is 0.412. The Bertz CT molecular complexity index is 787. The van der Waals surface area contributed by atoms with Crippen molar-refractivity contribution in [3.8, 4) is 5.75 Å². The number of quaternary nitrogens is 1. The minimum absolute atomic E-state index is 0.219. The van der Waals surface area contributed by atoms with Crippen LogP contribution in [0.4, 0.5) is 5.13 Å². The van der Waals surface area contributed by atoms with Crippen LogP contribution in [-0.4, -0.2) is 58.4 Å². The first-order valence-electron chi connectivity index (χ1n) is 8.08. The van der Waals surface area contributed by atoms with E-state index in [2.05, 4.69) is 4.98 Å². The van der Waals surface area contributed by atoms with Crippen LogP contribution in [0.3, 0.4) is 0 Å². The molecule has 0 bridgehead atoms. The zero-order valence-corrected chi connectivity index (χ0v) is 15.4. The topological polar surface area (TPSA) is 65.3 Å². The smallest absolute Gasteiger partial charge is 0.298 e. The molecule has 1 aliphatic heterocycles. The van der Waals surface area contributed by atoms with Crippen LogP contribution in [0.25, 0.3) is 10.2 Å². The predicted molar refractivity (Wildman–Crippen MR) is 96.2 cm³/mol. The maximum atomic E-state index is 12.9. The summed E-state index contributed by atoms with van der Waals surface area (Å²) in [5.41, 5.74) is 0.839. The van der Waals surface area contributed by atoms with E-state index in [1.54, 1.807) is 12.0 Å². The number of methoxy groups -OCH3 is 1. The summed E-state index contributed by atoms with van der Waals surface area (Å²) in [5.74, 6) is 0.758. The lowest BCUT2D eigenvalue weighted by atomic mass is 10.3. The van der Waals surface area contributed by atoms with E-state index >= 15 is 0 Å². The van der Waals surface area contributed by atoms with Gasteiger partial charge in [0, 0.05) is 0 Å². The van der Waals surface area contributed by atoms with Crippen molar-refractivity contribution in [2.45, 2.75) is 0 Å². The van der Waals surface area contributed by atoms with Crippen molar-refractivity contribution in [1.82, 2.24) is 4.98 Å². The molecule has 7 nitrogen and oxygen atoms in total. The van der Waals surface area contributed by atoms with E-state index in [0.717, 1.165) is 22.5 Å². The van der Waals surface area contributed by atoms with Gasteiger partial charge < -0.3 is 19.1 Å². The van der Waals surface area contributed by atoms with Crippen LogP contribution in [0.5, 0.6) is 5.75 Å². The van der Waals surface area contributed by atoms with Crippen LogP contribution in [0.2, 0.25) is 0 Å². The molecule has 0 unspecified atom stereocenters. The number of aromatic nitrogens is 1. The lowest BCUT2D eigenvalue weighted by molar-refractivity contribution is -0.856. The van der Waals surface area contributed by atoms with Crippen molar-refractivity contribution in [3.05, 3.63) is 30.2 Å². The normalized spacial score (nSPS) is 14.0. The molecule has 25 heavy (non-hydrogen) atoms. The van der Waals surface area contributed by atoms with Crippen molar-refractivity contribution in [1.29, 1.82) is 0 Å². The average Bonchev–Trinajstić information content (AvgIpc) is 3.04. The molecule has 8 heteroatoms. The highest BCUT2D eigenvalue weighted by molar-refractivity contribution is 7.22. The molecule has 0 saturated heterocycles. The fourth-order valence-corrected chi connectivity index (χ4v) is 3.39. The Morgan fingerprint density at radius 2 is 2.24 bits per heavy atom. The number of hydrogen-bond acceptors (Lipinski definition) is 6. The third kappa shape index (κ3) is 4.02. The Morgan fingerprint density at radius 3 is 2.92 bits per heavy atom. The van der Waals surface area contributed by atoms with E-state index in [9.17, 15) is 4.79 Å². The van der Waals surface area contributed by atoms with Gasteiger partial charge in [0.25, 0.3) is 5.91 Å². The standard InChI is InChI=1S/C17H21N3O4S/c1-19(2)6-7-20(16(21)14-11-23-8-9-24-14)17-18-13-5-4-12(22-3)10-15(13)25-17/h4-5,10-11H,6-9H2,1-3H3/p+1. The summed E-state index contributed by atoms with van der Waals surface area (Å²) in [6.45, 7) is 2.17. The van der Waals surface area contributed by atoms with E-state index in [1.165, 1.54) is 22.5 Å². The predicted octanol–water partition coefficient (Wildman–Crippen LogP) is 0.671. The number of anilines is 1. The van der Waals surface area contributed by atoms with Crippen molar-refractivity contribution in [2.24, 2.45) is 0 Å². The maximum absolute atomic E-state index is 12.9. The number of carbonyl (C=O) groups excluding carboxylic acids is 1. The third-order valence-electron chi connectivity index (χ3n) is 3.76. The van der Waals surface area contributed by atoms with Crippen LogP contribution in [0.1, 0.15) is 0 Å². The molecule has 134 valence electrons. The van der Waals surface area contributed by atoms with Crippen LogP contribution in [0, 0.1) is 0 Å². The number of amides is 1. The minimum atomic E-state index is -0.230. The number of nitrogens with zero attached hydrogens (tertiary/aromatic N) is 2. The quantitative estimate of drug-likeness (QED) is 0.816. The highest BCUT2D eigenvalue weighted by Crippen LogP contribution is 2.32. The Balaban J connectivity index is 1.92. The van der Waals surface area contributed by atoms with Gasteiger partial charge in [-0.25, -0.2) is 4.98 Å². The van der Waals surface area contributed by atoms with E-state index in [4.69, 9.17) is 14.2 Å². The van der Waals surface area contributed by atoms with E-state index in [1.807, 2.05) is 32.3 Å². The summed E-state index contributed by atoms with van der Waals surface area (Å²) in [6, 6.07) is 5.69. The Morgan fingerprint density at radius 1 is 1.40 bits per heavy atom. The molecule has 2 aromatic rings. The molecule has 2 heterocycles. The summed E-state index contributed by atoms with van der Waals surface area (Å²) >= 11 is 1.46. The summed E-state index contributed by atoms with van der Waals surface area (Å²) < 4.78 is 16.9. The molecule has 1 aromatic carbocycles. The second-order valence-electron chi connectivity index (χ2n) is 5.95. The molecule has 0 radical (unpaired) electrons. The SMILES string of the molecule is COc1ccc2nc(N(CC[NH+](C)C)C(=O)C3=COCCO3)sc2c1. The zero-order valence-electron chi connectivity index (χ0n) is 14.6. The molecule has 0 atom stereocenters. The molecular weight excluding hydrogens is 342 g/mol. The van der Waals surface area contributed by atoms with Crippen LogP contribution >= 0.6 is 11.3 Å². The van der Waals surface area contributed by atoms with Gasteiger partial charge in [0.2, 0.25) is 5.76 Å². The Labute approximate surface area is 150 Å². The number of likely N-dealkylation sites (N-methyl/N-ethyl adjacent to an activating group) is 1. The van der Waals surface area contributed by atoms with E-state index in [0.29, 0.717) is 24.9 Å². The largest absolute Gasteiger partial charge is 0.497 e. The van der Waals surface area contributed by atoms with Gasteiger partial charge in [-0.3, -0.25) is 9.69 Å².